The maximum atomic E-state index is 5.89. The smallest absolute Gasteiger partial charge is 0.278 e. The highest BCUT2D eigenvalue weighted by Gasteiger charge is 2.23. The van der Waals surface area contributed by atoms with Crippen LogP contribution >= 0.6 is 11.3 Å². The van der Waals surface area contributed by atoms with Gasteiger partial charge in [0.2, 0.25) is 0 Å². The summed E-state index contributed by atoms with van der Waals surface area (Å²) in [6.45, 7) is 2.78. The summed E-state index contributed by atoms with van der Waals surface area (Å²) in [5.41, 5.74) is 2.52. The molecule has 162 valence electrons. The van der Waals surface area contributed by atoms with E-state index in [-0.39, 0.29) is 0 Å². The van der Waals surface area contributed by atoms with Gasteiger partial charge < -0.3 is 9.47 Å². The molecule has 5 rings (SSSR count). The molecule has 0 atom stereocenters. The highest BCUT2D eigenvalue weighted by atomic mass is 32.1. The van der Waals surface area contributed by atoms with E-state index in [1.165, 1.54) is 48.2 Å². The minimum absolute atomic E-state index is 0.568. The molecule has 6 nitrogen and oxygen atoms in total. The second-order valence-corrected chi connectivity index (χ2v) is 9.44. The van der Waals surface area contributed by atoms with E-state index in [0.717, 1.165) is 43.4 Å². The lowest BCUT2D eigenvalue weighted by Gasteiger charge is -2.28. The Kier molecular flexibility index (Phi) is 6.13. The third-order valence-electron chi connectivity index (χ3n) is 6.18. The van der Waals surface area contributed by atoms with Gasteiger partial charge in [0.15, 0.2) is 0 Å². The van der Waals surface area contributed by atoms with Crippen molar-refractivity contribution in [2.45, 2.75) is 57.5 Å². The van der Waals surface area contributed by atoms with Crippen LogP contribution in [0.25, 0.3) is 0 Å². The van der Waals surface area contributed by atoms with Crippen molar-refractivity contribution in [1.82, 2.24) is 19.9 Å². The fourth-order valence-corrected chi connectivity index (χ4v) is 5.28. The molecule has 2 aromatic heterocycles. The third kappa shape index (κ3) is 4.88. The Balaban J connectivity index is 1.19. The van der Waals surface area contributed by atoms with E-state index in [9.17, 15) is 0 Å². The maximum Gasteiger partial charge on any atom is 0.278 e. The Bertz CT molecular complexity index is 1010. The molecule has 0 bridgehead atoms. The summed E-state index contributed by atoms with van der Waals surface area (Å²) in [4.78, 5) is 17.8. The van der Waals surface area contributed by atoms with Crippen LogP contribution in [0.2, 0.25) is 0 Å². The van der Waals surface area contributed by atoms with Crippen molar-refractivity contribution in [1.29, 1.82) is 0 Å². The number of rotatable bonds is 6. The van der Waals surface area contributed by atoms with Crippen LogP contribution in [0.15, 0.2) is 36.7 Å². The zero-order valence-corrected chi connectivity index (χ0v) is 18.7. The van der Waals surface area contributed by atoms with Gasteiger partial charge in [-0.2, -0.15) is 0 Å². The lowest BCUT2D eigenvalue weighted by atomic mass is 9.88. The van der Waals surface area contributed by atoms with Crippen LogP contribution in [0.4, 0.5) is 0 Å². The van der Waals surface area contributed by atoms with E-state index < -0.39 is 0 Å². The van der Waals surface area contributed by atoms with Crippen LogP contribution in [-0.4, -0.2) is 33.5 Å². The van der Waals surface area contributed by atoms with Gasteiger partial charge in [0.25, 0.3) is 5.19 Å². The van der Waals surface area contributed by atoms with E-state index in [1.807, 2.05) is 30.5 Å². The summed E-state index contributed by atoms with van der Waals surface area (Å²) in [6, 6.07) is 7.56. The number of benzene rings is 1. The second-order valence-electron chi connectivity index (χ2n) is 8.37. The quantitative estimate of drug-likeness (QED) is 0.520. The molecule has 3 heterocycles. The summed E-state index contributed by atoms with van der Waals surface area (Å²) in [6.07, 6.45) is 11.5. The fourth-order valence-electron chi connectivity index (χ4n) is 4.46. The van der Waals surface area contributed by atoms with Crippen LogP contribution in [0.1, 0.15) is 60.0 Å². The largest absolute Gasteiger partial charge is 0.497 e. The zero-order valence-electron chi connectivity index (χ0n) is 17.9. The lowest BCUT2D eigenvalue weighted by Crippen LogP contribution is -2.31. The molecule has 7 heteroatoms. The van der Waals surface area contributed by atoms with Gasteiger partial charge in [-0.3, -0.25) is 4.90 Å². The average Bonchev–Trinajstić information content (AvgIpc) is 3.26. The van der Waals surface area contributed by atoms with E-state index in [0.29, 0.717) is 11.1 Å². The Labute approximate surface area is 187 Å². The van der Waals surface area contributed by atoms with Crippen LogP contribution in [0.3, 0.4) is 0 Å². The first-order valence-corrected chi connectivity index (χ1v) is 11.9. The number of fused-ring (bicyclic) bond motifs is 1. The molecule has 3 aromatic rings. The number of hydrogen-bond donors (Lipinski definition) is 0. The number of thiazole rings is 1. The molecule has 1 aliphatic carbocycles. The molecular weight excluding hydrogens is 408 g/mol. The van der Waals surface area contributed by atoms with Gasteiger partial charge in [0, 0.05) is 60.5 Å². The summed E-state index contributed by atoms with van der Waals surface area (Å²) < 4.78 is 11.1. The molecule has 1 aromatic carbocycles. The van der Waals surface area contributed by atoms with Crippen molar-refractivity contribution < 1.29 is 9.47 Å². The SMILES string of the molecule is COc1ccc(Oc2ncc(CN3CCc4nc(C5CCCCC5)ncc4C3)s2)cc1. The minimum Gasteiger partial charge on any atom is -0.497 e. The molecule has 31 heavy (non-hydrogen) atoms. The predicted molar refractivity (Wildman–Crippen MR) is 121 cm³/mol. The third-order valence-corrected chi connectivity index (χ3v) is 7.04. The summed E-state index contributed by atoms with van der Waals surface area (Å²) in [5.74, 6) is 3.22. The summed E-state index contributed by atoms with van der Waals surface area (Å²) >= 11 is 1.60. The van der Waals surface area contributed by atoms with E-state index in [1.54, 1.807) is 18.4 Å². The minimum atomic E-state index is 0.568. The van der Waals surface area contributed by atoms with Crippen molar-refractivity contribution in [2.24, 2.45) is 0 Å². The first-order valence-electron chi connectivity index (χ1n) is 11.1. The molecule has 0 unspecified atom stereocenters. The monoisotopic (exact) mass is 436 g/mol. The zero-order chi connectivity index (χ0) is 21.0. The molecule has 0 spiro atoms. The first kappa shape index (κ1) is 20.4. The Morgan fingerprint density at radius 1 is 1.03 bits per heavy atom. The van der Waals surface area contributed by atoms with Crippen LogP contribution in [-0.2, 0) is 19.5 Å². The molecule has 1 fully saturated rings. The average molecular weight is 437 g/mol. The Morgan fingerprint density at radius 2 is 1.84 bits per heavy atom. The number of hydrogen-bond acceptors (Lipinski definition) is 7. The highest BCUT2D eigenvalue weighted by molar-refractivity contribution is 7.13. The topological polar surface area (TPSA) is 60.4 Å². The van der Waals surface area contributed by atoms with Crippen molar-refractivity contribution in [3.8, 4) is 16.7 Å². The van der Waals surface area contributed by atoms with Gasteiger partial charge in [-0.15, -0.1) is 0 Å². The number of nitrogens with zero attached hydrogens (tertiary/aromatic N) is 4. The maximum absolute atomic E-state index is 5.89. The van der Waals surface area contributed by atoms with Gasteiger partial charge in [-0.1, -0.05) is 30.6 Å². The first-order chi connectivity index (χ1) is 15.3. The molecule has 1 aliphatic heterocycles. The van der Waals surface area contributed by atoms with Gasteiger partial charge >= 0.3 is 0 Å². The summed E-state index contributed by atoms with van der Waals surface area (Å²) in [7, 11) is 1.66. The fraction of sp³-hybridized carbons (Fsp3) is 0.458. The van der Waals surface area contributed by atoms with E-state index in [2.05, 4.69) is 16.1 Å². The number of aromatic nitrogens is 3. The lowest BCUT2D eigenvalue weighted by molar-refractivity contribution is 0.244. The molecule has 0 amide bonds. The van der Waals surface area contributed by atoms with Gasteiger partial charge in [0.1, 0.15) is 17.3 Å². The molecule has 0 N–H and O–H groups in total. The summed E-state index contributed by atoms with van der Waals surface area (Å²) in [5, 5.41) is 0.665. The van der Waals surface area contributed by atoms with Crippen molar-refractivity contribution >= 4 is 11.3 Å². The van der Waals surface area contributed by atoms with Crippen molar-refractivity contribution in [3.63, 3.8) is 0 Å². The molecule has 0 saturated heterocycles. The molecule has 0 radical (unpaired) electrons. The van der Waals surface area contributed by atoms with E-state index in [4.69, 9.17) is 19.4 Å². The second kappa shape index (κ2) is 9.32. The standard InChI is InChI=1S/C24H28N4O2S/c1-29-19-7-9-20(10-8-19)30-24-26-14-21(31-24)16-28-12-11-22-18(15-28)13-25-23(27-22)17-5-3-2-4-6-17/h7-10,13-14,17H,2-6,11-12,15-16H2,1H3. The van der Waals surface area contributed by atoms with E-state index >= 15 is 0 Å². The van der Waals surface area contributed by atoms with Crippen molar-refractivity contribution in [3.05, 3.63) is 58.6 Å². The van der Waals surface area contributed by atoms with Crippen LogP contribution < -0.4 is 9.47 Å². The van der Waals surface area contributed by atoms with Gasteiger partial charge in [-0.25, -0.2) is 15.0 Å². The molecule has 2 aliphatic rings. The Morgan fingerprint density at radius 3 is 2.65 bits per heavy atom. The van der Waals surface area contributed by atoms with Gasteiger partial charge in [0.05, 0.1) is 7.11 Å². The van der Waals surface area contributed by atoms with Crippen molar-refractivity contribution in [2.75, 3.05) is 13.7 Å². The van der Waals surface area contributed by atoms with Crippen LogP contribution in [0.5, 0.6) is 16.7 Å². The van der Waals surface area contributed by atoms with Crippen LogP contribution in [0, 0.1) is 0 Å². The van der Waals surface area contributed by atoms with Gasteiger partial charge in [-0.05, 0) is 37.1 Å². The normalized spacial score (nSPS) is 17.3. The predicted octanol–water partition coefficient (Wildman–Crippen LogP) is 5.34. The molecule has 1 saturated carbocycles. The number of methoxy groups -OCH3 is 1. The highest BCUT2D eigenvalue weighted by Crippen LogP contribution is 2.32. The Hall–Kier alpha value is -2.51. The number of ether oxygens (including phenoxy) is 2. The molecular formula is C24H28N4O2S.